The monoisotopic (exact) mass is 255 g/mol. The first-order chi connectivity index (χ1) is 8.09. The number of benzene rings is 1. The molecule has 0 aliphatic carbocycles. The van der Waals surface area contributed by atoms with E-state index in [9.17, 15) is 20.1 Å². The predicted molar refractivity (Wildman–Crippen MR) is 59.1 cm³/mol. The van der Waals surface area contributed by atoms with Crippen LogP contribution in [0, 0.1) is 0 Å². The normalized spacial score (nSPS) is 28.2. The van der Waals surface area contributed by atoms with E-state index in [2.05, 4.69) is 0 Å². The van der Waals surface area contributed by atoms with Crippen molar-refractivity contribution in [3.63, 3.8) is 0 Å². The van der Waals surface area contributed by atoms with Crippen LogP contribution in [-0.4, -0.2) is 34.8 Å². The van der Waals surface area contributed by atoms with E-state index in [0.717, 1.165) is 0 Å². The second-order valence-corrected chi connectivity index (χ2v) is 4.91. The Balaban J connectivity index is 2.48. The smallest absolute Gasteiger partial charge is 0.166 e. The summed E-state index contributed by atoms with van der Waals surface area (Å²) >= 11 is 1.17. The molecule has 2 atom stereocenters. The molecule has 0 aromatic heterocycles. The van der Waals surface area contributed by atoms with Crippen molar-refractivity contribution in [2.45, 2.75) is 11.2 Å². The van der Waals surface area contributed by atoms with Crippen LogP contribution in [0.15, 0.2) is 24.3 Å². The molecule has 17 heavy (non-hydrogen) atoms. The van der Waals surface area contributed by atoms with Crippen LogP contribution in [0.4, 0.5) is 0 Å². The first-order valence-corrected chi connectivity index (χ1v) is 5.99. The number of thioether (sulfide) groups is 1. The fraction of sp³-hybridized carbons (Fsp3) is 0.364. The molecule has 0 saturated carbocycles. The molecular formula is C11H11O5S-. The van der Waals surface area contributed by atoms with Crippen LogP contribution in [0.5, 0.6) is 0 Å². The highest BCUT2D eigenvalue weighted by molar-refractivity contribution is 8.00. The third-order valence-corrected chi connectivity index (χ3v) is 3.91. The summed E-state index contributed by atoms with van der Waals surface area (Å²) in [4.78, 5) is 9.77. The van der Waals surface area contributed by atoms with Gasteiger partial charge in [0.05, 0.1) is 12.6 Å². The predicted octanol–water partition coefficient (Wildman–Crippen LogP) is -0.723. The molecule has 0 spiro atoms. The maximum absolute atomic E-state index is 11.0. The molecule has 1 saturated heterocycles. The molecule has 0 amide bonds. The van der Waals surface area contributed by atoms with Gasteiger partial charge in [-0.05, 0) is 0 Å². The summed E-state index contributed by atoms with van der Waals surface area (Å²) in [6.45, 7) is -0.418. The zero-order chi connectivity index (χ0) is 12.5. The number of carbonyl (C=O) groups excluding carboxylic acids is 1. The molecular weight excluding hydrogens is 244 g/mol. The van der Waals surface area contributed by atoms with Gasteiger partial charge in [-0.25, -0.2) is 0 Å². The summed E-state index contributed by atoms with van der Waals surface area (Å²) in [5.41, 5.74) is 0.271. The number of ether oxygens (including phenoxy) is 1. The van der Waals surface area contributed by atoms with Crippen LogP contribution < -0.4 is 5.11 Å². The summed E-state index contributed by atoms with van der Waals surface area (Å²) < 4.78 is 5.25. The number of carboxylic acid groups (broad SMARTS) is 1. The van der Waals surface area contributed by atoms with Crippen LogP contribution >= 0.6 is 11.8 Å². The second-order valence-electron chi connectivity index (χ2n) is 3.63. The van der Waals surface area contributed by atoms with Gasteiger partial charge in [0.2, 0.25) is 0 Å². The van der Waals surface area contributed by atoms with E-state index >= 15 is 0 Å². The Morgan fingerprint density at radius 2 is 2.29 bits per heavy atom. The van der Waals surface area contributed by atoms with Crippen molar-refractivity contribution < 1.29 is 24.9 Å². The minimum atomic E-state index is -1.33. The lowest BCUT2D eigenvalue weighted by atomic mass is 10.0. The summed E-state index contributed by atoms with van der Waals surface area (Å²) in [5, 5.41) is 29.8. The number of aliphatic hydroxyl groups is 2. The maximum Gasteiger partial charge on any atom is 0.166 e. The topological polar surface area (TPSA) is 89.8 Å². The molecule has 6 heteroatoms. The molecule has 92 valence electrons. The highest BCUT2D eigenvalue weighted by Gasteiger charge is 2.43. The lowest BCUT2D eigenvalue weighted by Crippen LogP contribution is -2.33. The van der Waals surface area contributed by atoms with Crippen LogP contribution in [0.2, 0.25) is 0 Å². The van der Waals surface area contributed by atoms with Crippen molar-refractivity contribution in [1.82, 2.24) is 0 Å². The van der Waals surface area contributed by atoms with Crippen molar-refractivity contribution in [1.29, 1.82) is 0 Å². The third-order valence-electron chi connectivity index (χ3n) is 2.55. The van der Waals surface area contributed by atoms with Crippen molar-refractivity contribution in [2.24, 2.45) is 0 Å². The average molecular weight is 255 g/mol. The number of carbonyl (C=O) groups is 1. The highest BCUT2D eigenvalue weighted by atomic mass is 32.2. The van der Waals surface area contributed by atoms with Gasteiger partial charge in [0.15, 0.2) is 11.2 Å². The number of aliphatic hydroxyl groups excluding tert-OH is 2. The van der Waals surface area contributed by atoms with Gasteiger partial charge in [-0.1, -0.05) is 24.3 Å². The van der Waals surface area contributed by atoms with Gasteiger partial charge < -0.3 is 24.9 Å². The molecule has 1 heterocycles. The third kappa shape index (κ3) is 2.16. The molecule has 1 aromatic carbocycles. The quantitative estimate of drug-likeness (QED) is 0.740. The molecule has 0 bridgehead atoms. The summed E-state index contributed by atoms with van der Waals surface area (Å²) in [6.07, 6.45) is -1.01. The van der Waals surface area contributed by atoms with Crippen molar-refractivity contribution in [2.75, 3.05) is 12.4 Å². The highest BCUT2D eigenvalue weighted by Crippen LogP contribution is 2.45. The number of hydrogen-bond donors (Lipinski definition) is 2. The molecule has 2 N–H and O–H groups in total. The molecule has 2 unspecified atom stereocenters. The standard InChI is InChI=1S/C11H12O5S/c12-6-11(16-9(13)5-17-11)8-4-2-1-3-7(8)10(14)15/h1-4,9,12-13H,5-6H2,(H,14,15)/p-1. The first kappa shape index (κ1) is 12.4. The van der Waals surface area contributed by atoms with Crippen molar-refractivity contribution in [3.05, 3.63) is 35.4 Å². The Bertz CT molecular complexity index is 436. The Labute approximate surface area is 102 Å². The first-order valence-electron chi connectivity index (χ1n) is 5.00. The summed E-state index contributed by atoms with van der Waals surface area (Å²) in [7, 11) is 0. The molecule has 1 aromatic rings. The maximum atomic E-state index is 11.0. The largest absolute Gasteiger partial charge is 0.545 e. The Kier molecular flexibility index (Phi) is 3.39. The SMILES string of the molecule is O=C([O-])c1ccccc1C1(CO)OC(O)CS1. The minimum absolute atomic E-state index is 0.0387. The zero-order valence-corrected chi connectivity index (χ0v) is 9.64. The molecule has 1 aliphatic rings. The van der Waals surface area contributed by atoms with E-state index in [1.807, 2.05) is 0 Å². The number of rotatable bonds is 3. The zero-order valence-electron chi connectivity index (χ0n) is 8.83. The molecule has 5 nitrogen and oxygen atoms in total. The fourth-order valence-electron chi connectivity index (χ4n) is 1.80. The van der Waals surface area contributed by atoms with Crippen LogP contribution in [0.1, 0.15) is 15.9 Å². The summed E-state index contributed by atoms with van der Waals surface area (Å²) in [5.74, 6) is -1.05. The molecule has 0 radical (unpaired) electrons. The molecule has 2 rings (SSSR count). The average Bonchev–Trinajstić information content (AvgIpc) is 2.72. The van der Waals surface area contributed by atoms with Gasteiger partial charge in [-0.2, -0.15) is 0 Å². The van der Waals surface area contributed by atoms with E-state index in [1.54, 1.807) is 18.2 Å². The van der Waals surface area contributed by atoms with E-state index in [1.165, 1.54) is 17.8 Å². The van der Waals surface area contributed by atoms with E-state index < -0.39 is 23.8 Å². The lowest BCUT2D eigenvalue weighted by Gasteiger charge is -2.28. The minimum Gasteiger partial charge on any atom is -0.545 e. The number of hydrogen-bond acceptors (Lipinski definition) is 6. The van der Waals surface area contributed by atoms with Crippen LogP contribution in [-0.2, 0) is 9.67 Å². The van der Waals surface area contributed by atoms with Gasteiger partial charge in [-0.15, -0.1) is 11.8 Å². The van der Waals surface area contributed by atoms with Crippen LogP contribution in [0.3, 0.4) is 0 Å². The number of aromatic carboxylic acids is 1. The lowest BCUT2D eigenvalue weighted by molar-refractivity contribution is -0.255. The second kappa shape index (κ2) is 4.66. The van der Waals surface area contributed by atoms with E-state index in [-0.39, 0.29) is 11.3 Å². The van der Waals surface area contributed by atoms with Gasteiger partial charge in [0.25, 0.3) is 0 Å². The van der Waals surface area contributed by atoms with Gasteiger partial charge in [0, 0.05) is 16.9 Å². The molecule has 1 fully saturated rings. The van der Waals surface area contributed by atoms with Crippen molar-refractivity contribution in [3.8, 4) is 0 Å². The number of carboxylic acids is 1. The Hall–Kier alpha value is -1.08. The van der Waals surface area contributed by atoms with Crippen molar-refractivity contribution >= 4 is 17.7 Å². The summed E-state index contributed by atoms with van der Waals surface area (Å²) in [6, 6.07) is 6.15. The van der Waals surface area contributed by atoms with Gasteiger partial charge in [0.1, 0.15) is 0 Å². The van der Waals surface area contributed by atoms with E-state index in [0.29, 0.717) is 5.56 Å². The Morgan fingerprint density at radius 3 is 2.82 bits per heavy atom. The van der Waals surface area contributed by atoms with E-state index in [4.69, 9.17) is 4.74 Å². The van der Waals surface area contributed by atoms with Gasteiger partial charge >= 0.3 is 0 Å². The van der Waals surface area contributed by atoms with Gasteiger partial charge in [-0.3, -0.25) is 0 Å². The Morgan fingerprint density at radius 1 is 1.59 bits per heavy atom. The fourth-order valence-corrected chi connectivity index (χ4v) is 2.88. The van der Waals surface area contributed by atoms with Crippen LogP contribution in [0.25, 0.3) is 0 Å². The molecule has 1 aliphatic heterocycles.